The molecule has 1 atom stereocenters. The topological polar surface area (TPSA) is 58.6 Å². The van der Waals surface area contributed by atoms with Gasteiger partial charge in [0.05, 0.1) is 18.1 Å². The predicted octanol–water partition coefficient (Wildman–Crippen LogP) is 2.91. The van der Waals surface area contributed by atoms with Gasteiger partial charge in [0.25, 0.3) is 0 Å². The molecule has 0 aliphatic carbocycles. The Morgan fingerprint density at radius 2 is 2.09 bits per heavy atom. The molecule has 1 heterocycles. The lowest BCUT2D eigenvalue weighted by Gasteiger charge is -2.37. The van der Waals surface area contributed by atoms with Gasteiger partial charge in [-0.25, -0.2) is 0 Å². The number of ether oxygens (including phenoxy) is 1. The van der Waals surface area contributed by atoms with Gasteiger partial charge in [0, 0.05) is 18.2 Å². The molecular formula is C18H26ClNO3. The molecule has 1 unspecified atom stereocenters. The molecule has 0 spiro atoms. The van der Waals surface area contributed by atoms with Crippen LogP contribution in [0.2, 0.25) is 5.02 Å². The third-order valence-corrected chi connectivity index (χ3v) is 4.70. The standard InChI is InChI=1S/C18H26ClNO3/c1-13(2)10-16(12-21)20-17(22)18(6-8-23-9-7-18)14-4-3-5-15(19)11-14/h3-5,11,13,16,21H,6-10,12H2,1-2H3,(H,20,22). The Balaban J connectivity index is 2.25. The van der Waals surface area contributed by atoms with E-state index in [1.165, 1.54) is 0 Å². The molecule has 23 heavy (non-hydrogen) atoms. The van der Waals surface area contributed by atoms with E-state index in [0.29, 0.717) is 37.0 Å². The van der Waals surface area contributed by atoms with Crippen LogP contribution in [0.3, 0.4) is 0 Å². The molecule has 2 rings (SSSR count). The van der Waals surface area contributed by atoms with E-state index >= 15 is 0 Å². The molecule has 1 amide bonds. The third-order valence-electron chi connectivity index (χ3n) is 4.47. The number of hydrogen-bond donors (Lipinski definition) is 2. The molecule has 0 saturated carbocycles. The summed E-state index contributed by atoms with van der Waals surface area (Å²) in [5.74, 6) is 0.368. The van der Waals surface area contributed by atoms with Gasteiger partial charge in [0.2, 0.25) is 5.91 Å². The van der Waals surface area contributed by atoms with Crippen molar-refractivity contribution in [3.05, 3.63) is 34.9 Å². The van der Waals surface area contributed by atoms with Gasteiger partial charge in [-0.3, -0.25) is 4.79 Å². The predicted molar refractivity (Wildman–Crippen MR) is 91.7 cm³/mol. The number of carbonyl (C=O) groups is 1. The highest BCUT2D eigenvalue weighted by Crippen LogP contribution is 2.36. The molecule has 1 aromatic rings. The monoisotopic (exact) mass is 339 g/mol. The second-order valence-electron chi connectivity index (χ2n) is 6.69. The molecule has 1 aromatic carbocycles. The van der Waals surface area contributed by atoms with Crippen LogP contribution in [-0.4, -0.2) is 36.9 Å². The number of rotatable bonds is 6. The Hall–Kier alpha value is -1.10. The zero-order valence-corrected chi connectivity index (χ0v) is 14.6. The van der Waals surface area contributed by atoms with Crippen LogP contribution in [0.25, 0.3) is 0 Å². The van der Waals surface area contributed by atoms with Gasteiger partial charge in [-0.05, 0) is 42.9 Å². The Morgan fingerprint density at radius 1 is 1.39 bits per heavy atom. The molecule has 0 bridgehead atoms. The Labute approximate surface area is 143 Å². The van der Waals surface area contributed by atoms with E-state index in [2.05, 4.69) is 19.2 Å². The summed E-state index contributed by atoms with van der Waals surface area (Å²) in [5.41, 5.74) is 0.292. The van der Waals surface area contributed by atoms with Crippen LogP contribution >= 0.6 is 11.6 Å². The van der Waals surface area contributed by atoms with Crippen LogP contribution in [-0.2, 0) is 14.9 Å². The Morgan fingerprint density at radius 3 is 2.65 bits per heavy atom. The first kappa shape index (κ1) is 18.2. The van der Waals surface area contributed by atoms with E-state index in [4.69, 9.17) is 16.3 Å². The minimum absolute atomic E-state index is 0.0391. The molecule has 1 saturated heterocycles. The number of carbonyl (C=O) groups excluding carboxylic acids is 1. The SMILES string of the molecule is CC(C)CC(CO)NC(=O)C1(c2cccc(Cl)c2)CCOCC1. The summed E-state index contributed by atoms with van der Waals surface area (Å²) < 4.78 is 5.46. The number of hydrogen-bond acceptors (Lipinski definition) is 3. The Kier molecular flexibility index (Phi) is 6.45. The van der Waals surface area contributed by atoms with Crippen molar-refractivity contribution in [3.8, 4) is 0 Å². The van der Waals surface area contributed by atoms with Gasteiger partial charge in [-0.1, -0.05) is 37.6 Å². The lowest BCUT2D eigenvalue weighted by Crippen LogP contribution is -2.52. The maximum Gasteiger partial charge on any atom is 0.231 e. The minimum Gasteiger partial charge on any atom is -0.394 e. The van der Waals surface area contributed by atoms with Crippen LogP contribution in [0.15, 0.2) is 24.3 Å². The molecule has 128 valence electrons. The van der Waals surface area contributed by atoms with E-state index in [-0.39, 0.29) is 18.6 Å². The number of nitrogens with one attached hydrogen (secondary N) is 1. The molecule has 5 heteroatoms. The van der Waals surface area contributed by atoms with Crippen molar-refractivity contribution in [3.63, 3.8) is 0 Å². The van der Waals surface area contributed by atoms with Crippen LogP contribution < -0.4 is 5.32 Å². The highest BCUT2D eigenvalue weighted by atomic mass is 35.5. The maximum atomic E-state index is 13.1. The van der Waals surface area contributed by atoms with E-state index in [0.717, 1.165) is 12.0 Å². The first-order valence-electron chi connectivity index (χ1n) is 8.23. The molecule has 2 N–H and O–H groups in total. The zero-order chi connectivity index (χ0) is 16.9. The van der Waals surface area contributed by atoms with Crippen molar-refractivity contribution in [1.82, 2.24) is 5.32 Å². The summed E-state index contributed by atoms with van der Waals surface area (Å²) in [7, 11) is 0. The molecule has 0 aromatic heterocycles. The van der Waals surface area contributed by atoms with Crippen molar-refractivity contribution < 1.29 is 14.6 Å². The van der Waals surface area contributed by atoms with E-state index < -0.39 is 5.41 Å². The van der Waals surface area contributed by atoms with Crippen molar-refractivity contribution in [2.24, 2.45) is 5.92 Å². The fourth-order valence-corrected chi connectivity index (χ4v) is 3.41. The van der Waals surface area contributed by atoms with Gasteiger partial charge in [0.15, 0.2) is 0 Å². The summed E-state index contributed by atoms with van der Waals surface area (Å²) in [6.45, 7) is 5.21. The zero-order valence-electron chi connectivity index (χ0n) is 13.8. The molecule has 1 fully saturated rings. The van der Waals surface area contributed by atoms with Crippen LogP contribution in [0.1, 0.15) is 38.7 Å². The number of benzene rings is 1. The number of aliphatic hydroxyl groups excluding tert-OH is 1. The van der Waals surface area contributed by atoms with Crippen LogP contribution in [0, 0.1) is 5.92 Å². The molecular weight excluding hydrogens is 314 g/mol. The van der Waals surface area contributed by atoms with Crippen molar-refractivity contribution >= 4 is 17.5 Å². The summed E-state index contributed by atoms with van der Waals surface area (Å²) in [5, 5.41) is 13.2. The number of amides is 1. The van der Waals surface area contributed by atoms with Gasteiger partial charge in [-0.2, -0.15) is 0 Å². The van der Waals surface area contributed by atoms with Crippen molar-refractivity contribution in [2.45, 2.75) is 44.6 Å². The normalized spacial score (nSPS) is 18.7. The fraction of sp³-hybridized carbons (Fsp3) is 0.611. The van der Waals surface area contributed by atoms with Crippen molar-refractivity contribution in [1.29, 1.82) is 0 Å². The quantitative estimate of drug-likeness (QED) is 0.837. The van der Waals surface area contributed by atoms with E-state index in [1.807, 2.05) is 24.3 Å². The second-order valence-corrected chi connectivity index (χ2v) is 7.12. The van der Waals surface area contributed by atoms with Gasteiger partial charge < -0.3 is 15.2 Å². The maximum absolute atomic E-state index is 13.1. The highest BCUT2D eigenvalue weighted by Gasteiger charge is 2.42. The van der Waals surface area contributed by atoms with Crippen LogP contribution in [0.5, 0.6) is 0 Å². The summed E-state index contributed by atoms with van der Waals surface area (Å²) in [4.78, 5) is 13.1. The molecule has 4 nitrogen and oxygen atoms in total. The average Bonchev–Trinajstić information content (AvgIpc) is 2.54. The van der Waals surface area contributed by atoms with Crippen molar-refractivity contribution in [2.75, 3.05) is 19.8 Å². The smallest absolute Gasteiger partial charge is 0.231 e. The average molecular weight is 340 g/mol. The first-order chi connectivity index (χ1) is 11.0. The largest absolute Gasteiger partial charge is 0.394 e. The lowest BCUT2D eigenvalue weighted by atomic mass is 9.73. The molecule has 1 aliphatic heterocycles. The van der Waals surface area contributed by atoms with Gasteiger partial charge >= 0.3 is 0 Å². The van der Waals surface area contributed by atoms with Gasteiger partial charge in [-0.15, -0.1) is 0 Å². The summed E-state index contributed by atoms with van der Waals surface area (Å²) >= 11 is 6.13. The summed E-state index contributed by atoms with van der Waals surface area (Å²) in [6.07, 6.45) is 2.00. The van der Waals surface area contributed by atoms with Crippen LogP contribution in [0.4, 0.5) is 0 Å². The van der Waals surface area contributed by atoms with E-state index in [9.17, 15) is 9.90 Å². The minimum atomic E-state index is -0.631. The highest BCUT2D eigenvalue weighted by molar-refractivity contribution is 6.30. The third kappa shape index (κ3) is 4.46. The first-order valence-corrected chi connectivity index (χ1v) is 8.61. The Bertz CT molecular complexity index is 527. The number of halogens is 1. The fourth-order valence-electron chi connectivity index (χ4n) is 3.22. The molecule has 0 radical (unpaired) electrons. The van der Waals surface area contributed by atoms with E-state index in [1.54, 1.807) is 0 Å². The molecule has 1 aliphatic rings. The summed E-state index contributed by atoms with van der Waals surface area (Å²) in [6, 6.07) is 7.28. The lowest BCUT2D eigenvalue weighted by molar-refractivity contribution is -0.131. The van der Waals surface area contributed by atoms with Gasteiger partial charge in [0.1, 0.15) is 0 Å². The number of aliphatic hydroxyl groups is 1. The second kappa shape index (κ2) is 8.13.